The summed E-state index contributed by atoms with van der Waals surface area (Å²) in [5.41, 5.74) is 0. The number of nitrogens with zero attached hydrogens (tertiary/aromatic N) is 1. The molecule has 0 aromatic heterocycles. The first-order chi connectivity index (χ1) is 8.34. The quantitative estimate of drug-likeness (QED) is 0.574. The van der Waals surface area contributed by atoms with Crippen LogP contribution >= 0.6 is 11.8 Å². The molecule has 0 fully saturated rings. The smallest absolute Gasteiger partial charge is 0.309 e. The number of hydrogen-bond acceptors (Lipinski definition) is 3. The van der Waals surface area contributed by atoms with Crippen molar-refractivity contribution in [3.05, 3.63) is 0 Å². The Balaban J connectivity index is 3.24. The first-order valence-corrected chi connectivity index (χ1v) is 7.32. The molecule has 0 amide bonds. The van der Waals surface area contributed by atoms with Gasteiger partial charge in [0.1, 0.15) is 0 Å². The van der Waals surface area contributed by atoms with Gasteiger partial charge < -0.3 is 4.90 Å². The number of hydrogen-bond donors (Lipinski definition) is 0. The first-order valence-electron chi connectivity index (χ1n) is 6.16. The van der Waals surface area contributed by atoms with Crippen LogP contribution in [0.4, 0.5) is 13.2 Å². The number of carbonyl (C=O) groups is 1. The van der Waals surface area contributed by atoms with Crippen molar-refractivity contribution >= 4 is 17.5 Å². The van der Waals surface area contributed by atoms with E-state index in [1.165, 1.54) is 0 Å². The van der Waals surface area contributed by atoms with Crippen molar-refractivity contribution in [1.82, 2.24) is 4.90 Å². The molecule has 0 aromatic rings. The van der Waals surface area contributed by atoms with E-state index in [1.54, 1.807) is 0 Å². The van der Waals surface area contributed by atoms with Crippen LogP contribution in [-0.2, 0) is 4.79 Å². The molecule has 0 atom stereocenters. The highest BCUT2D eigenvalue weighted by atomic mass is 32.2. The van der Waals surface area contributed by atoms with Crippen molar-refractivity contribution in [3.8, 4) is 0 Å². The zero-order chi connectivity index (χ0) is 14.0. The van der Waals surface area contributed by atoms with E-state index in [4.69, 9.17) is 0 Å². The molecule has 0 bridgehead atoms. The fraction of sp³-hybridized carbons (Fsp3) is 0.917. The molecule has 2 nitrogen and oxygen atoms in total. The van der Waals surface area contributed by atoms with Gasteiger partial charge >= 0.3 is 6.18 Å². The van der Waals surface area contributed by atoms with Crippen molar-refractivity contribution in [1.29, 1.82) is 0 Å². The molecule has 0 aromatic carbocycles. The van der Waals surface area contributed by atoms with Gasteiger partial charge in [0.2, 0.25) is 5.78 Å². The zero-order valence-corrected chi connectivity index (χ0v) is 11.9. The van der Waals surface area contributed by atoms with Gasteiger partial charge in [0.05, 0.1) is 0 Å². The van der Waals surface area contributed by atoms with Gasteiger partial charge in [-0.15, -0.1) is 0 Å². The van der Waals surface area contributed by atoms with Gasteiger partial charge in [-0.3, -0.25) is 4.79 Å². The van der Waals surface area contributed by atoms with Crippen molar-refractivity contribution in [2.75, 3.05) is 32.1 Å². The topological polar surface area (TPSA) is 20.3 Å². The van der Waals surface area contributed by atoms with Crippen LogP contribution in [0.5, 0.6) is 0 Å². The number of halogens is 3. The van der Waals surface area contributed by atoms with Crippen LogP contribution < -0.4 is 0 Å². The summed E-state index contributed by atoms with van der Waals surface area (Å²) in [5, 5.41) is 0. The third-order valence-corrected chi connectivity index (χ3v) is 3.56. The van der Waals surface area contributed by atoms with Crippen molar-refractivity contribution in [2.24, 2.45) is 0 Å². The van der Waals surface area contributed by atoms with E-state index in [0.717, 1.165) is 30.9 Å². The van der Waals surface area contributed by atoms with E-state index in [-0.39, 0.29) is 6.42 Å². The first kappa shape index (κ1) is 17.8. The van der Waals surface area contributed by atoms with Gasteiger partial charge in [-0.05, 0) is 51.4 Å². The normalized spacial score (nSPS) is 12.1. The minimum atomic E-state index is -4.65. The second-order valence-electron chi connectivity index (χ2n) is 4.50. The third kappa shape index (κ3) is 10.9. The minimum absolute atomic E-state index is 0.344. The summed E-state index contributed by atoms with van der Waals surface area (Å²) in [6.45, 7) is 1.06. The number of Topliss-reactive ketones (excluding diaryl/α,β-unsaturated/α-hetero) is 1. The fourth-order valence-electron chi connectivity index (χ4n) is 1.39. The molecule has 0 unspecified atom stereocenters. The van der Waals surface area contributed by atoms with Gasteiger partial charge in [-0.2, -0.15) is 24.9 Å². The van der Waals surface area contributed by atoms with E-state index >= 15 is 0 Å². The van der Waals surface area contributed by atoms with Gasteiger partial charge in [0.15, 0.2) is 0 Å². The van der Waals surface area contributed by atoms with Crippen LogP contribution in [-0.4, -0.2) is 49.0 Å². The molecule has 0 aliphatic rings. The summed E-state index contributed by atoms with van der Waals surface area (Å²) in [5.74, 6) is 0.453. The summed E-state index contributed by atoms with van der Waals surface area (Å²) < 4.78 is 35.6. The molecule has 0 spiro atoms. The van der Waals surface area contributed by atoms with Crippen LogP contribution in [0.25, 0.3) is 0 Å². The molecule has 18 heavy (non-hydrogen) atoms. The third-order valence-electron chi connectivity index (χ3n) is 2.40. The predicted molar refractivity (Wildman–Crippen MR) is 70.0 cm³/mol. The van der Waals surface area contributed by atoms with Crippen LogP contribution in [0.15, 0.2) is 0 Å². The maximum absolute atomic E-state index is 11.9. The molecule has 0 aliphatic heterocycles. The lowest BCUT2D eigenvalue weighted by molar-refractivity contribution is -0.171. The van der Waals surface area contributed by atoms with Gasteiger partial charge in [0, 0.05) is 6.42 Å². The van der Waals surface area contributed by atoms with Gasteiger partial charge in [-0.1, -0.05) is 6.42 Å². The molecule has 0 aliphatic carbocycles. The van der Waals surface area contributed by atoms with E-state index < -0.39 is 12.0 Å². The molecule has 0 saturated carbocycles. The number of thioether (sulfide) groups is 1. The van der Waals surface area contributed by atoms with Crippen molar-refractivity contribution < 1.29 is 18.0 Å². The van der Waals surface area contributed by atoms with E-state index in [2.05, 4.69) is 4.90 Å². The molecule has 0 heterocycles. The summed E-state index contributed by atoms with van der Waals surface area (Å²) in [7, 11) is 4.06. The van der Waals surface area contributed by atoms with E-state index in [0.29, 0.717) is 12.8 Å². The Morgan fingerprint density at radius 2 is 1.67 bits per heavy atom. The van der Waals surface area contributed by atoms with E-state index in [1.807, 2.05) is 25.9 Å². The molecule has 0 N–H and O–H groups in total. The van der Waals surface area contributed by atoms with Crippen molar-refractivity contribution in [3.63, 3.8) is 0 Å². The Morgan fingerprint density at radius 1 is 1.06 bits per heavy atom. The Morgan fingerprint density at radius 3 is 2.22 bits per heavy atom. The molecular weight excluding hydrogens is 263 g/mol. The maximum atomic E-state index is 11.9. The summed E-state index contributed by atoms with van der Waals surface area (Å²) in [6, 6.07) is 0. The number of carbonyl (C=O) groups excluding carboxylic acids is 1. The highest BCUT2D eigenvalue weighted by Gasteiger charge is 2.36. The molecule has 6 heteroatoms. The molecule has 0 saturated heterocycles. The minimum Gasteiger partial charge on any atom is -0.309 e. The maximum Gasteiger partial charge on any atom is 0.449 e. The van der Waals surface area contributed by atoms with Crippen LogP contribution in [0.2, 0.25) is 0 Å². The van der Waals surface area contributed by atoms with Gasteiger partial charge in [-0.25, -0.2) is 0 Å². The lowest BCUT2D eigenvalue weighted by Crippen LogP contribution is -2.22. The lowest BCUT2D eigenvalue weighted by Gasteiger charge is -2.08. The number of rotatable bonds is 10. The average Bonchev–Trinajstić information content (AvgIpc) is 2.24. The van der Waals surface area contributed by atoms with Gasteiger partial charge in [0.25, 0.3) is 0 Å². The number of alkyl halides is 3. The van der Waals surface area contributed by atoms with Crippen LogP contribution in [0.1, 0.15) is 32.1 Å². The standard InChI is InChI=1S/C12H22F3NOS/c1-16(2)8-6-10-18-9-5-3-4-7-11(17)12(13,14)15/h3-10H2,1-2H3. The Bertz CT molecular complexity index is 232. The highest BCUT2D eigenvalue weighted by molar-refractivity contribution is 7.99. The average molecular weight is 285 g/mol. The monoisotopic (exact) mass is 285 g/mol. The Labute approximate surface area is 111 Å². The zero-order valence-electron chi connectivity index (χ0n) is 11.1. The van der Waals surface area contributed by atoms with Crippen LogP contribution in [0, 0.1) is 0 Å². The second-order valence-corrected chi connectivity index (χ2v) is 5.73. The molecule has 0 radical (unpaired) electrons. The summed E-state index contributed by atoms with van der Waals surface area (Å²) >= 11 is 1.83. The highest BCUT2D eigenvalue weighted by Crippen LogP contribution is 2.19. The van der Waals surface area contributed by atoms with Crippen LogP contribution in [0.3, 0.4) is 0 Å². The largest absolute Gasteiger partial charge is 0.449 e. The Kier molecular flexibility index (Phi) is 9.54. The Hall–Kier alpha value is -0.230. The molecule has 108 valence electrons. The fourth-order valence-corrected chi connectivity index (χ4v) is 2.34. The lowest BCUT2D eigenvalue weighted by atomic mass is 10.1. The second kappa shape index (κ2) is 9.67. The molecular formula is C12H22F3NOS. The number of ketones is 1. The number of unbranched alkanes of at least 4 members (excludes halogenated alkanes) is 2. The summed E-state index contributed by atoms with van der Waals surface area (Å²) in [6.07, 6.45) is -1.96. The van der Waals surface area contributed by atoms with Crippen molar-refractivity contribution in [2.45, 2.75) is 38.3 Å². The predicted octanol–water partition coefficient (Wildman–Crippen LogP) is 3.36. The SMILES string of the molecule is CN(C)CCCSCCCCCC(=O)C(F)(F)F. The summed E-state index contributed by atoms with van der Waals surface area (Å²) in [4.78, 5) is 12.7. The molecule has 0 rings (SSSR count). The van der Waals surface area contributed by atoms with E-state index in [9.17, 15) is 18.0 Å².